The molecule has 144 valence electrons. The van der Waals surface area contributed by atoms with Crippen molar-refractivity contribution in [1.82, 2.24) is 15.2 Å². The Morgan fingerprint density at radius 2 is 1.66 bits per heavy atom. The first-order valence-corrected chi connectivity index (χ1v) is 8.92. The second-order valence-corrected chi connectivity index (χ2v) is 6.46. The molecule has 0 aliphatic heterocycles. The predicted octanol–water partition coefficient (Wildman–Crippen LogP) is 4.16. The van der Waals surface area contributed by atoms with Crippen LogP contribution in [0.4, 0.5) is 10.2 Å². The van der Waals surface area contributed by atoms with Gasteiger partial charge < -0.3 is 10.4 Å². The maximum atomic E-state index is 13.3. The highest BCUT2D eigenvalue weighted by Crippen LogP contribution is 2.36. The van der Waals surface area contributed by atoms with E-state index < -0.39 is 0 Å². The van der Waals surface area contributed by atoms with Gasteiger partial charge in [0.15, 0.2) is 0 Å². The van der Waals surface area contributed by atoms with Gasteiger partial charge in [-0.3, -0.25) is 14.9 Å². The van der Waals surface area contributed by atoms with Gasteiger partial charge in [-0.2, -0.15) is 5.10 Å². The lowest BCUT2D eigenvalue weighted by atomic mass is 10.0. The molecular formula is C22H17FN4O2. The van der Waals surface area contributed by atoms with E-state index in [-0.39, 0.29) is 23.9 Å². The van der Waals surface area contributed by atoms with Crippen molar-refractivity contribution in [3.05, 3.63) is 84.4 Å². The van der Waals surface area contributed by atoms with Crippen LogP contribution in [0, 0.1) is 5.82 Å². The fourth-order valence-corrected chi connectivity index (χ4v) is 3.03. The third-order valence-corrected chi connectivity index (χ3v) is 4.42. The lowest BCUT2D eigenvalue weighted by Crippen LogP contribution is -2.15. The van der Waals surface area contributed by atoms with Crippen molar-refractivity contribution in [2.75, 3.05) is 5.32 Å². The molecule has 0 atom stereocenters. The standard InChI is InChI=1S/C22H17FN4O2/c23-17-5-3-16(4-6-17)21-20(15-9-11-24-12-10-15)22(27-26-21)25-19(29)13-14-1-7-18(28)8-2-14/h1-12,28H,13H2,(H2,25,26,27,29). The number of anilines is 1. The van der Waals surface area contributed by atoms with Gasteiger partial charge in [0.05, 0.1) is 12.0 Å². The number of phenolic OH excluding ortho intramolecular Hbond substituents is 1. The summed E-state index contributed by atoms with van der Waals surface area (Å²) in [5, 5.41) is 19.5. The van der Waals surface area contributed by atoms with Crippen LogP contribution in [0.2, 0.25) is 0 Å². The molecule has 0 aliphatic rings. The largest absolute Gasteiger partial charge is 0.508 e. The lowest BCUT2D eigenvalue weighted by Gasteiger charge is -2.08. The summed E-state index contributed by atoms with van der Waals surface area (Å²) in [5.74, 6) is 0.0171. The van der Waals surface area contributed by atoms with Gasteiger partial charge in [0.2, 0.25) is 5.91 Å². The van der Waals surface area contributed by atoms with E-state index in [1.807, 2.05) is 12.1 Å². The molecule has 6 nitrogen and oxygen atoms in total. The van der Waals surface area contributed by atoms with Crippen molar-refractivity contribution in [2.45, 2.75) is 6.42 Å². The maximum Gasteiger partial charge on any atom is 0.229 e. The Balaban J connectivity index is 1.67. The molecule has 29 heavy (non-hydrogen) atoms. The first kappa shape index (κ1) is 18.4. The van der Waals surface area contributed by atoms with Gasteiger partial charge in [0, 0.05) is 18.0 Å². The van der Waals surface area contributed by atoms with Crippen molar-refractivity contribution in [2.24, 2.45) is 0 Å². The summed E-state index contributed by atoms with van der Waals surface area (Å²) in [6.07, 6.45) is 3.44. The van der Waals surface area contributed by atoms with E-state index in [2.05, 4.69) is 20.5 Å². The molecule has 2 aromatic heterocycles. The average Bonchev–Trinajstić information content (AvgIpc) is 3.14. The van der Waals surface area contributed by atoms with Crippen LogP contribution in [0.25, 0.3) is 22.4 Å². The van der Waals surface area contributed by atoms with Gasteiger partial charge in [-0.15, -0.1) is 0 Å². The van der Waals surface area contributed by atoms with Crippen LogP contribution < -0.4 is 5.32 Å². The highest BCUT2D eigenvalue weighted by molar-refractivity contribution is 5.98. The van der Waals surface area contributed by atoms with E-state index in [9.17, 15) is 14.3 Å². The van der Waals surface area contributed by atoms with Crippen molar-refractivity contribution in [3.8, 4) is 28.1 Å². The van der Waals surface area contributed by atoms with Crippen molar-refractivity contribution in [3.63, 3.8) is 0 Å². The van der Waals surface area contributed by atoms with Crippen LogP contribution in [0.15, 0.2) is 73.1 Å². The molecule has 3 N–H and O–H groups in total. The first-order chi connectivity index (χ1) is 14.1. The Labute approximate surface area is 166 Å². The maximum absolute atomic E-state index is 13.3. The zero-order chi connectivity index (χ0) is 20.2. The Morgan fingerprint density at radius 3 is 2.34 bits per heavy atom. The fourth-order valence-electron chi connectivity index (χ4n) is 3.03. The number of benzene rings is 2. The molecule has 2 heterocycles. The second-order valence-electron chi connectivity index (χ2n) is 6.46. The van der Waals surface area contributed by atoms with Crippen LogP contribution in [-0.2, 0) is 11.2 Å². The summed E-state index contributed by atoms with van der Waals surface area (Å²) < 4.78 is 13.3. The molecule has 0 unspecified atom stereocenters. The van der Waals surface area contributed by atoms with Gasteiger partial charge in [0.1, 0.15) is 23.1 Å². The smallest absolute Gasteiger partial charge is 0.229 e. The number of phenols is 1. The van der Waals surface area contributed by atoms with Gasteiger partial charge >= 0.3 is 0 Å². The molecule has 0 spiro atoms. The monoisotopic (exact) mass is 388 g/mol. The number of nitrogens with one attached hydrogen (secondary N) is 2. The number of H-pyrrole nitrogens is 1. The number of hydrogen-bond donors (Lipinski definition) is 3. The Kier molecular flexibility index (Phi) is 5.03. The van der Waals surface area contributed by atoms with E-state index in [1.165, 1.54) is 24.3 Å². The number of aromatic nitrogens is 3. The number of halogens is 1. The second kappa shape index (κ2) is 7.93. The molecule has 1 amide bonds. The lowest BCUT2D eigenvalue weighted by molar-refractivity contribution is -0.115. The molecule has 0 aliphatic carbocycles. The minimum absolute atomic E-state index is 0.140. The molecule has 0 fully saturated rings. The Bertz CT molecular complexity index is 1120. The molecule has 7 heteroatoms. The van der Waals surface area contributed by atoms with Crippen molar-refractivity contribution < 1.29 is 14.3 Å². The minimum atomic E-state index is -0.336. The number of pyridine rings is 1. The quantitative estimate of drug-likeness (QED) is 0.479. The molecule has 0 saturated carbocycles. The first-order valence-electron chi connectivity index (χ1n) is 8.92. The molecule has 4 aromatic rings. The number of rotatable bonds is 5. The van der Waals surface area contributed by atoms with E-state index >= 15 is 0 Å². The number of carbonyl (C=O) groups is 1. The summed E-state index contributed by atoms with van der Waals surface area (Å²) in [4.78, 5) is 16.6. The normalized spacial score (nSPS) is 10.7. The third-order valence-electron chi connectivity index (χ3n) is 4.42. The number of hydrogen-bond acceptors (Lipinski definition) is 4. The van der Waals surface area contributed by atoms with E-state index in [1.54, 1.807) is 36.7 Å². The van der Waals surface area contributed by atoms with E-state index in [4.69, 9.17) is 0 Å². The third kappa shape index (κ3) is 4.14. The zero-order valence-corrected chi connectivity index (χ0v) is 15.3. The number of nitrogens with zero attached hydrogens (tertiary/aromatic N) is 2. The van der Waals surface area contributed by atoms with Crippen LogP contribution in [0.3, 0.4) is 0 Å². The van der Waals surface area contributed by atoms with Gasteiger partial charge in [-0.25, -0.2) is 4.39 Å². The van der Waals surface area contributed by atoms with Gasteiger partial charge in [-0.05, 0) is 59.7 Å². The van der Waals surface area contributed by atoms with Crippen LogP contribution in [0.5, 0.6) is 5.75 Å². The van der Waals surface area contributed by atoms with E-state index in [0.717, 1.165) is 11.1 Å². The minimum Gasteiger partial charge on any atom is -0.508 e. The Hall–Kier alpha value is -4.00. The van der Waals surface area contributed by atoms with Crippen LogP contribution >= 0.6 is 0 Å². The molecular weight excluding hydrogens is 371 g/mol. The Morgan fingerprint density at radius 1 is 0.966 bits per heavy atom. The summed E-state index contributed by atoms with van der Waals surface area (Å²) in [7, 11) is 0. The van der Waals surface area contributed by atoms with E-state index in [0.29, 0.717) is 22.6 Å². The number of carbonyl (C=O) groups excluding carboxylic acids is 1. The van der Waals surface area contributed by atoms with Crippen molar-refractivity contribution >= 4 is 11.7 Å². The highest BCUT2D eigenvalue weighted by Gasteiger charge is 2.18. The predicted molar refractivity (Wildman–Crippen MR) is 108 cm³/mol. The fraction of sp³-hybridized carbons (Fsp3) is 0.0455. The SMILES string of the molecule is O=C(Cc1ccc(O)cc1)Nc1[nH]nc(-c2ccc(F)cc2)c1-c1ccncc1. The number of amides is 1. The average molecular weight is 388 g/mol. The summed E-state index contributed by atoms with van der Waals surface area (Å²) >= 11 is 0. The van der Waals surface area contributed by atoms with Gasteiger partial charge in [-0.1, -0.05) is 12.1 Å². The number of aromatic amines is 1. The summed E-state index contributed by atoms with van der Waals surface area (Å²) in [5.41, 5.74) is 3.58. The van der Waals surface area contributed by atoms with Gasteiger partial charge in [0.25, 0.3) is 0 Å². The van der Waals surface area contributed by atoms with Crippen molar-refractivity contribution in [1.29, 1.82) is 0 Å². The highest BCUT2D eigenvalue weighted by atomic mass is 19.1. The molecule has 0 radical (unpaired) electrons. The summed E-state index contributed by atoms with van der Waals surface area (Å²) in [6.45, 7) is 0. The topological polar surface area (TPSA) is 90.9 Å². The molecule has 0 saturated heterocycles. The molecule has 2 aromatic carbocycles. The molecule has 0 bridgehead atoms. The van der Waals surface area contributed by atoms with Crippen LogP contribution in [-0.4, -0.2) is 26.2 Å². The van der Waals surface area contributed by atoms with Crippen LogP contribution in [0.1, 0.15) is 5.56 Å². The zero-order valence-electron chi connectivity index (χ0n) is 15.3. The summed E-state index contributed by atoms with van der Waals surface area (Å²) in [6, 6.07) is 16.1. The molecule has 4 rings (SSSR count). The number of aromatic hydroxyl groups is 1.